The van der Waals surface area contributed by atoms with Crippen LogP contribution in [0.2, 0.25) is 0 Å². The van der Waals surface area contributed by atoms with Crippen molar-refractivity contribution in [1.29, 1.82) is 0 Å². The van der Waals surface area contributed by atoms with E-state index in [0.717, 1.165) is 21.7 Å². The van der Waals surface area contributed by atoms with Gasteiger partial charge in [-0.25, -0.2) is 13.8 Å². The zero-order chi connectivity index (χ0) is 23.0. The van der Waals surface area contributed by atoms with E-state index in [-0.39, 0.29) is 17.5 Å². The maximum Gasteiger partial charge on any atom is 0.271 e. The van der Waals surface area contributed by atoms with E-state index in [0.29, 0.717) is 31.9 Å². The van der Waals surface area contributed by atoms with Gasteiger partial charge in [-0.05, 0) is 41.0 Å². The third-order valence-electron chi connectivity index (χ3n) is 5.08. The molecule has 1 aromatic heterocycles. The third kappa shape index (κ3) is 6.78. The number of rotatable bonds is 9. The average molecular weight is 464 g/mol. The van der Waals surface area contributed by atoms with E-state index in [4.69, 9.17) is 0 Å². The van der Waals surface area contributed by atoms with E-state index in [2.05, 4.69) is 15.2 Å². The van der Waals surface area contributed by atoms with E-state index < -0.39 is 0 Å². The molecule has 168 valence electrons. The van der Waals surface area contributed by atoms with Crippen LogP contribution in [0.1, 0.15) is 32.2 Å². The number of benzene rings is 3. The SMILES string of the molecule is O=C(NCc1ccccc1)c1csc(CN(Cc2ccc(F)cc2)Cc2ccc(F)cc2)n1. The molecule has 3 aromatic carbocycles. The minimum atomic E-state index is -0.282. The van der Waals surface area contributed by atoms with Crippen LogP contribution in [-0.4, -0.2) is 15.8 Å². The lowest BCUT2D eigenvalue weighted by Crippen LogP contribution is -2.24. The molecule has 0 saturated carbocycles. The van der Waals surface area contributed by atoms with Gasteiger partial charge in [0, 0.05) is 25.0 Å². The summed E-state index contributed by atoms with van der Waals surface area (Å²) in [7, 11) is 0. The van der Waals surface area contributed by atoms with Gasteiger partial charge in [0.1, 0.15) is 22.3 Å². The molecule has 1 N–H and O–H groups in total. The van der Waals surface area contributed by atoms with Gasteiger partial charge < -0.3 is 5.32 Å². The Balaban J connectivity index is 1.43. The van der Waals surface area contributed by atoms with Gasteiger partial charge >= 0.3 is 0 Å². The minimum Gasteiger partial charge on any atom is -0.347 e. The normalized spacial score (nSPS) is 11.0. The fraction of sp³-hybridized carbons (Fsp3) is 0.154. The van der Waals surface area contributed by atoms with Gasteiger partial charge in [0.2, 0.25) is 0 Å². The second-order valence-electron chi connectivity index (χ2n) is 7.69. The van der Waals surface area contributed by atoms with Crippen molar-refractivity contribution in [2.75, 3.05) is 0 Å². The number of nitrogens with zero attached hydrogens (tertiary/aromatic N) is 2. The first kappa shape index (κ1) is 22.8. The molecule has 0 fully saturated rings. The van der Waals surface area contributed by atoms with E-state index in [1.807, 2.05) is 30.3 Å². The highest BCUT2D eigenvalue weighted by Gasteiger charge is 2.15. The number of aromatic nitrogens is 1. The fourth-order valence-corrected chi connectivity index (χ4v) is 4.23. The Bertz CT molecular complexity index is 1130. The Morgan fingerprint density at radius 2 is 1.36 bits per heavy atom. The summed E-state index contributed by atoms with van der Waals surface area (Å²) in [6.07, 6.45) is 0. The zero-order valence-electron chi connectivity index (χ0n) is 17.9. The predicted octanol–water partition coefficient (Wildman–Crippen LogP) is 5.55. The number of thiazole rings is 1. The molecule has 0 aliphatic rings. The highest BCUT2D eigenvalue weighted by Crippen LogP contribution is 2.18. The first-order valence-electron chi connectivity index (χ1n) is 10.5. The summed E-state index contributed by atoms with van der Waals surface area (Å²) in [5.74, 6) is -0.783. The van der Waals surface area contributed by atoms with Gasteiger partial charge in [-0.1, -0.05) is 54.6 Å². The number of hydrogen-bond acceptors (Lipinski definition) is 4. The minimum absolute atomic E-state index is 0.218. The standard InChI is InChI=1S/C26H23F2N3OS/c27-22-10-6-20(7-11-22)15-31(16-21-8-12-23(28)13-9-21)17-25-30-24(18-33-25)26(32)29-14-19-4-2-1-3-5-19/h1-13,18H,14-17H2,(H,29,32). The van der Waals surface area contributed by atoms with Gasteiger partial charge in [0.15, 0.2) is 0 Å². The van der Waals surface area contributed by atoms with E-state index in [1.165, 1.54) is 35.6 Å². The van der Waals surface area contributed by atoms with Crippen molar-refractivity contribution in [1.82, 2.24) is 15.2 Å². The van der Waals surface area contributed by atoms with Crippen LogP contribution in [0.25, 0.3) is 0 Å². The van der Waals surface area contributed by atoms with Crippen LogP contribution in [0.5, 0.6) is 0 Å². The Morgan fingerprint density at radius 1 is 0.788 bits per heavy atom. The van der Waals surface area contributed by atoms with Crippen molar-refractivity contribution >= 4 is 17.2 Å². The third-order valence-corrected chi connectivity index (χ3v) is 5.91. The van der Waals surface area contributed by atoms with Crippen LogP contribution >= 0.6 is 11.3 Å². The van der Waals surface area contributed by atoms with Crippen molar-refractivity contribution < 1.29 is 13.6 Å². The Kier molecular flexibility index (Phi) is 7.55. The van der Waals surface area contributed by atoms with Crippen LogP contribution in [0.4, 0.5) is 8.78 Å². The summed E-state index contributed by atoms with van der Waals surface area (Å²) < 4.78 is 26.6. The number of nitrogens with one attached hydrogen (secondary N) is 1. The molecule has 7 heteroatoms. The lowest BCUT2D eigenvalue weighted by atomic mass is 10.1. The Labute approximate surface area is 195 Å². The lowest BCUT2D eigenvalue weighted by Gasteiger charge is -2.21. The number of halogens is 2. The van der Waals surface area contributed by atoms with Gasteiger partial charge in [-0.3, -0.25) is 9.69 Å². The maximum atomic E-state index is 13.3. The number of carbonyl (C=O) groups is 1. The largest absolute Gasteiger partial charge is 0.347 e. The van der Waals surface area contributed by atoms with Gasteiger partial charge in [-0.2, -0.15) is 0 Å². The fourth-order valence-electron chi connectivity index (χ4n) is 3.41. The first-order valence-corrected chi connectivity index (χ1v) is 11.4. The molecule has 0 aliphatic heterocycles. The zero-order valence-corrected chi connectivity index (χ0v) is 18.7. The summed E-state index contributed by atoms with van der Waals surface area (Å²) >= 11 is 1.42. The number of carbonyl (C=O) groups excluding carboxylic acids is 1. The molecule has 0 unspecified atom stereocenters. The molecule has 4 rings (SSSR count). The van der Waals surface area contributed by atoms with Crippen molar-refractivity contribution in [2.24, 2.45) is 0 Å². The summed E-state index contributed by atoms with van der Waals surface area (Å²) in [5.41, 5.74) is 3.31. The second-order valence-corrected chi connectivity index (χ2v) is 8.64. The molecule has 0 atom stereocenters. The quantitative estimate of drug-likeness (QED) is 0.354. The molecule has 0 aliphatic carbocycles. The van der Waals surface area contributed by atoms with Crippen molar-refractivity contribution in [3.63, 3.8) is 0 Å². The Hall–Kier alpha value is -3.42. The van der Waals surface area contributed by atoms with E-state index in [1.54, 1.807) is 29.6 Å². The van der Waals surface area contributed by atoms with Crippen molar-refractivity contribution in [3.05, 3.63) is 123 Å². The van der Waals surface area contributed by atoms with Crippen molar-refractivity contribution in [3.8, 4) is 0 Å². The monoisotopic (exact) mass is 463 g/mol. The van der Waals surface area contributed by atoms with Crippen LogP contribution in [0.3, 0.4) is 0 Å². The summed E-state index contributed by atoms with van der Waals surface area (Å²) in [6, 6.07) is 22.4. The van der Waals surface area contributed by atoms with E-state index in [9.17, 15) is 13.6 Å². The molecule has 0 radical (unpaired) electrons. The predicted molar refractivity (Wildman–Crippen MR) is 125 cm³/mol. The van der Waals surface area contributed by atoms with E-state index >= 15 is 0 Å². The Morgan fingerprint density at radius 3 is 1.94 bits per heavy atom. The van der Waals surface area contributed by atoms with Gasteiger partial charge in [0.05, 0.1) is 6.54 Å². The highest BCUT2D eigenvalue weighted by molar-refractivity contribution is 7.09. The molecule has 0 spiro atoms. The van der Waals surface area contributed by atoms with Gasteiger partial charge in [0.25, 0.3) is 5.91 Å². The second kappa shape index (κ2) is 10.9. The maximum absolute atomic E-state index is 13.3. The summed E-state index contributed by atoms with van der Waals surface area (Å²) in [5, 5.41) is 5.44. The highest BCUT2D eigenvalue weighted by atomic mass is 32.1. The molecule has 4 aromatic rings. The summed E-state index contributed by atoms with van der Waals surface area (Å²) in [6.45, 7) is 2.07. The average Bonchev–Trinajstić information content (AvgIpc) is 3.30. The topological polar surface area (TPSA) is 45.2 Å². The smallest absolute Gasteiger partial charge is 0.271 e. The molecule has 0 bridgehead atoms. The molecular formula is C26H23F2N3OS. The van der Waals surface area contributed by atoms with Crippen LogP contribution < -0.4 is 5.32 Å². The molecule has 0 saturated heterocycles. The number of amides is 1. The first-order chi connectivity index (χ1) is 16.0. The summed E-state index contributed by atoms with van der Waals surface area (Å²) in [4.78, 5) is 19.2. The molecule has 1 amide bonds. The van der Waals surface area contributed by atoms with Crippen LogP contribution in [0, 0.1) is 11.6 Å². The molecule has 4 nitrogen and oxygen atoms in total. The van der Waals surface area contributed by atoms with Crippen molar-refractivity contribution in [2.45, 2.75) is 26.2 Å². The lowest BCUT2D eigenvalue weighted by molar-refractivity contribution is 0.0946. The van der Waals surface area contributed by atoms with Gasteiger partial charge in [-0.15, -0.1) is 11.3 Å². The molecule has 1 heterocycles. The van der Waals surface area contributed by atoms with Crippen LogP contribution in [-0.2, 0) is 26.2 Å². The number of hydrogen-bond donors (Lipinski definition) is 1. The molecular weight excluding hydrogens is 440 g/mol. The van der Waals surface area contributed by atoms with Crippen LogP contribution in [0.15, 0.2) is 84.2 Å². The molecule has 33 heavy (non-hydrogen) atoms.